The molecule has 1 heterocycles. The van der Waals surface area contributed by atoms with E-state index < -0.39 is 47.5 Å². The number of aromatic nitrogens is 1. The zero-order valence-electron chi connectivity index (χ0n) is 17.8. The number of carboxylic acids is 1. The highest BCUT2D eigenvalue weighted by atomic mass is 19.2. The van der Waals surface area contributed by atoms with E-state index in [2.05, 4.69) is 10.3 Å². The number of hydrogen-bond acceptors (Lipinski definition) is 7. The van der Waals surface area contributed by atoms with Crippen molar-refractivity contribution in [1.29, 1.82) is 0 Å². The summed E-state index contributed by atoms with van der Waals surface area (Å²) < 4.78 is 37.0. The Kier molecular flexibility index (Phi) is 9.44. The molecule has 0 bridgehead atoms. The standard InChI is InChI=1S/C21H16F2N2O5.C2H4O2/c22-15-7-4-8-17(19(15)23)30-14-9-16(26)20(24-10-14)21(28)25-11-18(27)29-12-13-5-2-1-3-6-13;1-2(3)4/h1-10,26H,11-12H2,(H,25,28);1H3,(H,3,4). The average molecular weight is 474 g/mol. The molecular weight excluding hydrogens is 454 g/mol. The van der Waals surface area contributed by atoms with E-state index in [1.807, 2.05) is 6.07 Å². The fraction of sp³-hybridized carbons (Fsp3) is 0.130. The number of amides is 1. The Morgan fingerprint density at radius 3 is 2.38 bits per heavy atom. The van der Waals surface area contributed by atoms with E-state index in [1.54, 1.807) is 24.3 Å². The number of rotatable bonds is 7. The molecule has 0 unspecified atom stereocenters. The number of aliphatic carboxylic acids is 1. The molecule has 2 aromatic carbocycles. The molecule has 0 aliphatic heterocycles. The van der Waals surface area contributed by atoms with Crippen LogP contribution in [-0.4, -0.2) is 39.6 Å². The molecule has 0 saturated heterocycles. The van der Waals surface area contributed by atoms with Crippen LogP contribution in [0.3, 0.4) is 0 Å². The van der Waals surface area contributed by atoms with Crippen molar-refractivity contribution in [3.63, 3.8) is 0 Å². The van der Waals surface area contributed by atoms with E-state index >= 15 is 0 Å². The van der Waals surface area contributed by atoms with Gasteiger partial charge in [0, 0.05) is 13.0 Å². The Morgan fingerprint density at radius 2 is 1.74 bits per heavy atom. The average Bonchev–Trinajstić information content (AvgIpc) is 2.79. The zero-order valence-corrected chi connectivity index (χ0v) is 17.8. The van der Waals surface area contributed by atoms with Gasteiger partial charge < -0.3 is 25.0 Å². The predicted molar refractivity (Wildman–Crippen MR) is 114 cm³/mol. The van der Waals surface area contributed by atoms with Crippen LogP contribution < -0.4 is 10.1 Å². The number of carbonyl (C=O) groups is 3. The van der Waals surface area contributed by atoms with Crippen molar-refractivity contribution < 1.29 is 42.9 Å². The summed E-state index contributed by atoms with van der Waals surface area (Å²) in [6.45, 7) is 0.710. The van der Waals surface area contributed by atoms with Crippen LogP contribution in [0.25, 0.3) is 0 Å². The van der Waals surface area contributed by atoms with Crippen molar-refractivity contribution in [3.8, 4) is 17.2 Å². The van der Waals surface area contributed by atoms with Crippen LogP contribution >= 0.6 is 0 Å². The van der Waals surface area contributed by atoms with Crippen LogP contribution in [-0.2, 0) is 20.9 Å². The van der Waals surface area contributed by atoms with Crippen LogP contribution in [0.15, 0.2) is 60.8 Å². The number of aromatic hydroxyl groups is 1. The summed E-state index contributed by atoms with van der Waals surface area (Å²) in [5, 5.41) is 19.7. The number of esters is 1. The second-order valence-corrected chi connectivity index (χ2v) is 6.54. The topological polar surface area (TPSA) is 135 Å². The van der Waals surface area contributed by atoms with Gasteiger partial charge in [-0.25, -0.2) is 9.37 Å². The fourth-order valence-corrected chi connectivity index (χ4v) is 2.38. The quantitative estimate of drug-likeness (QED) is 0.444. The van der Waals surface area contributed by atoms with Gasteiger partial charge in [0.15, 0.2) is 23.0 Å². The molecule has 178 valence electrons. The lowest BCUT2D eigenvalue weighted by Gasteiger charge is -2.10. The summed E-state index contributed by atoms with van der Waals surface area (Å²) in [7, 11) is 0. The van der Waals surface area contributed by atoms with Gasteiger partial charge in [-0.1, -0.05) is 36.4 Å². The van der Waals surface area contributed by atoms with Crippen molar-refractivity contribution in [2.75, 3.05) is 6.54 Å². The van der Waals surface area contributed by atoms with E-state index in [4.69, 9.17) is 19.4 Å². The number of benzene rings is 2. The molecule has 9 nitrogen and oxygen atoms in total. The van der Waals surface area contributed by atoms with Crippen molar-refractivity contribution in [1.82, 2.24) is 10.3 Å². The van der Waals surface area contributed by atoms with Crippen molar-refractivity contribution in [3.05, 3.63) is 83.7 Å². The molecule has 0 spiro atoms. The molecule has 0 aliphatic rings. The third-order valence-electron chi connectivity index (χ3n) is 3.84. The number of pyridine rings is 1. The monoisotopic (exact) mass is 474 g/mol. The van der Waals surface area contributed by atoms with Gasteiger partial charge in [0.2, 0.25) is 5.82 Å². The first-order valence-corrected chi connectivity index (χ1v) is 9.65. The van der Waals surface area contributed by atoms with Gasteiger partial charge in [-0.3, -0.25) is 14.4 Å². The molecule has 0 fully saturated rings. The number of carboxylic acid groups (broad SMARTS) is 1. The van der Waals surface area contributed by atoms with Gasteiger partial charge in [-0.15, -0.1) is 0 Å². The van der Waals surface area contributed by atoms with Crippen LogP contribution in [0.4, 0.5) is 8.78 Å². The lowest BCUT2D eigenvalue weighted by molar-refractivity contribution is -0.143. The van der Waals surface area contributed by atoms with Crippen molar-refractivity contribution >= 4 is 17.8 Å². The van der Waals surface area contributed by atoms with E-state index in [-0.39, 0.29) is 18.1 Å². The zero-order chi connectivity index (χ0) is 25.1. The van der Waals surface area contributed by atoms with Crippen LogP contribution in [0.1, 0.15) is 23.0 Å². The summed E-state index contributed by atoms with van der Waals surface area (Å²) in [6, 6.07) is 13.4. The van der Waals surface area contributed by atoms with E-state index in [0.717, 1.165) is 30.8 Å². The maximum absolute atomic E-state index is 13.7. The molecule has 3 rings (SSSR count). The summed E-state index contributed by atoms with van der Waals surface area (Å²) in [5.41, 5.74) is 0.416. The molecule has 0 saturated carbocycles. The lowest BCUT2D eigenvalue weighted by atomic mass is 10.2. The summed E-state index contributed by atoms with van der Waals surface area (Å²) in [5.74, 6) is -5.72. The van der Waals surface area contributed by atoms with E-state index in [9.17, 15) is 23.5 Å². The second kappa shape index (κ2) is 12.5. The Morgan fingerprint density at radius 1 is 1.06 bits per heavy atom. The molecule has 1 aromatic heterocycles. The number of hydrogen-bond donors (Lipinski definition) is 3. The highest BCUT2D eigenvalue weighted by Crippen LogP contribution is 2.28. The smallest absolute Gasteiger partial charge is 0.325 e. The minimum absolute atomic E-state index is 0.0573. The SMILES string of the molecule is CC(=O)O.O=C(CNC(=O)c1ncc(Oc2cccc(F)c2F)cc1O)OCc1ccccc1. The Balaban J connectivity index is 0.000000945. The first-order chi connectivity index (χ1) is 16.2. The van der Waals surface area contributed by atoms with Gasteiger partial charge in [0.25, 0.3) is 11.9 Å². The largest absolute Gasteiger partial charge is 0.505 e. The molecule has 34 heavy (non-hydrogen) atoms. The molecule has 1 amide bonds. The molecule has 3 N–H and O–H groups in total. The minimum Gasteiger partial charge on any atom is -0.505 e. The van der Waals surface area contributed by atoms with Gasteiger partial charge >= 0.3 is 5.97 Å². The van der Waals surface area contributed by atoms with Crippen LogP contribution in [0.5, 0.6) is 17.2 Å². The highest BCUT2D eigenvalue weighted by Gasteiger charge is 2.17. The molecule has 0 atom stereocenters. The number of halogens is 2. The van der Waals surface area contributed by atoms with Crippen LogP contribution in [0, 0.1) is 11.6 Å². The van der Waals surface area contributed by atoms with Crippen molar-refractivity contribution in [2.45, 2.75) is 13.5 Å². The number of nitrogens with one attached hydrogen (secondary N) is 1. The van der Waals surface area contributed by atoms with E-state index in [1.165, 1.54) is 12.1 Å². The Bertz CT molecular complexity index is 1150. The van der Waals surface area contributed by atoms with Gasteiger partial charge in [-0.2, -0.15) is 4.39 Å². The second-order valence-electron chi connectivity index (χ2n) is 6.54. The first kappa shape index (κ1) is 25.7. The number of ether oxygens (including phenoxy) is 2. The molecule has 0 radical (unpaired) electrons. The first-order valence-electron chi connectivity index (χ1n) is 9.65. The minimum atomic E-state index is -1.20. The lowest BCUT2D eigenvalue weighted by Crippen LogP contribution is -2.31. The summed E-state index contributed by atoms with van der Waals surface area (Å²) in [6.07, 6.45) is 1.05. The van der Waals surface area contributed by atoms with Crippen LogP contribution in [0.2, 0.25) is 0 Å². The number of nitrogens with zero attached hydrogens (tertiary/aromatic N) is 1. The number of carbonyl (C=O) groups excluding carboxylic acids is 2. The van der Waals surface area contributed by atoms with Gasteiger partial charge in [-0.05, 0) is 17.7 Å². The fourth-order valence-electron chi connectivity index (χ4n) is 2.38. The normalized spacial score (nSPS) is 9.85. The highest BCUT2D eigenvalue weighted by molar-refractivity contribution is 5.96. The summed E-state index contributed by atoms with van der Waals surface area (Å²) in [4.78, 5) is 36.6. The van der Waals surface area contributed by atoms with Gasteiger partial charge in [0.05, 0.1) is 6.20 Å². The molecule has 3 aromatic rings. The van der Waals surface area contributed by atoms with E-state index in [0.29, 0.717) is 0 Å². The third kappa shape index (κ3) is 8.19. The Labute approximate surface area is 192 Å². The summed E-state index contributed by atoms with van der Waals surface area (Å²) >= 11 is 0. The van der Waals surface area contributed by atoms with Gasteiger partial charge in [0.1, 0.15) is 18.9 Å². The predicted octanol–water partition coefficient (Wildman–Crippen LogP) is 3.42. The maximum atomic E-state index is 13.7. The van der Waals surface area contributed by atoms with Crippen molar-refractivity contribution in [2.24, 2.45) is 0 Å². The molecule has 11 heteroatoms. The Hall–Kier alpha value is -4.54. The maximum Gasteiger partial charge on any atom is 0.325 e. The molecular formula is C23H20F2N2O7. The molecule has 0 aliphatic carbocycles. The third-order valence-corrected chi connectivity index (χ3v) is 3.84.